The molecule has 1 N–H and O–H groups in total. The molecule has 2 aromatic heterocycles. The average molecular weight is 337 g/mol. The molecule has 0 bridgehead atoms. The number of hydrogen-bond acceptors (Lipinski definition) is 5. The lowest BCUT2D eigenvalue weighted by molar-refractivity contribution is -0.138. The number of benzene rings is 1. The van der Waals surface area contributed by atoms with E-state index in [1.54, 1.807) is 0 Å². The molecule has 1 saturated heterocycles. The number of carboxylic acids is 1. The van der Waals surface area contributed by atoms with Crippen LogP contribution in [-0.4, -0.2) is 33.6 Å². The molecular formula is C19H19N3O3. The highest BCUT2D eigenvalue weighted by Crippen LogP contribution is 2.40. The van der Waals surface area contributed by atoms with E-state index in [4.69, 9.17) is 14.4 Å². The molecule has 0 unspecified atom stereocenters. The van der Waals surface area contributed by atoms with E-state index in [0.717, 1.165) is 41.6 Å². The van der Waals surface area contributed by atoms with Crippen LogP contribution in [0.25, 0.3) is 22.1 Å². The van der Waals surface area contributed by atoms with Crippen molar-refractivity contribution in [1.29, 1.82) is 0 Å². The first-order valence-corrected chi connectivity index (χ1v) is 8.91. The largest absolute Gasteiger partial charge is 0.480 e. The number of anilines is 1. The molecule has 6 heteroatoms. The molecule has 3 aromatic rings. The molecule has 3 heterocycles. The van der Waals surface area contributed by atoms with Crippen molar-refractivity contribution in [3.8, 4) is 0 Å². The summed E-state index contributed by atoms with van der Waals surface area (Å²) >= 11 is 0. The van der Waals surface area contributed by atoms with Crippen LogP contribution in [0.15, 0.2) is 28.7 Å². The smallest absolute Gasteiger partial charge is 0.326 e. The summed E-state index contributed by atoms with van der Waals surface area (Å²) in [7, 11) is 0. The summed E-state index contributed by atoms with van der Waals surface area (Å²) in [6, 6.07) is 7.28. The van der Waals surface area contributed by atoms with Crippen molar-refractivity contribution in [2.45, 2.75) is 44.1 Å². The average Bonchev–Trinajstić information content (AvgIpc) is 3.17. The Bertz CT molecular complexity index is 977. The summed E-state index contributed by atoms with van der Waals surface area (Å²) in [6.45, 7) is 0.685. The predicted molar refractivity (Wildman–Crippen MR) is 93.9 cm³/mol. The summed E-state index contributed by atoms with van der Waals surface area (Å²) < 4.78 is 6.05. The lowest BCUT2D eigenvalue weighted by Gasteiger charge is -2.27. The molecule has 1 aliphatic carbocycles. The first kappa shape index (κ1) is 14.7. The molecule has 0 spiro atoms. The second kappa shape index (κ2) is 5.44. The minimum absolute atomic E-state index is 0.377. The first-order chi connectivity index (χ1) is 12.2. The van der Waals surface area contributed by atoms with Gasteiger partial charge in [-0.3, -0.25) is 0 Å². The van der Waals surface area contributed by atoms with Crippen LogP contribution in [0.3, 0.4) is 0 Å². The van der Waals surface area contributed by atoms with Crippen molar-refractivity contribution in [2.75, 3.05) is 11.4 Å². The normalized spacial score (nSPS) is 21.1. The molecule has 0 amide bonds. The fourth-order valence-electron chi connectivity index (χ4n) is 3.91. The van der Waals surface area contributed by atoms with Gasteiger partial charge in [0.15, 0.2) is 11.4 Å². The SMILES string of the molecule is O=C(O)[C@@H]1CCCN1c1nc(C2CCC2)nc2c1oc1ccccc12. The number of carboxylic acid groups (broad SMARTS) is 1. The zero-order valence-corrected chi connectivity index (χ0v) is 13.8. The van der Waals surface area contributed by atoms with Crippen molar-refractivity contribution < 1.29 is 14.3 Å². The summed E-state index contributed by atoms with van der Waals surface area (Å²) in [5.74, 6) is 1.05. The van der Waals surface area contributed by atoms with Crippen molar-refractivity contribution in [2.24, 2.45) is 0 Å². The molecule has 1 saturated carbocycles. The molecule has 5 rings (SSSR count). The van der Waals surface area contributed by atoms with Crippen molar-refractivity contribution in [3.05, 3.63) is 30.1 Å². The summed E-state index contributed by atoms with van der Waals surface area (Å²) in [5, 5.41) is 10.5. The third kappa shape index (κ3) is 2.20. The van der Waals surface area contributed by atoms with E-state index in [1.807, 2.05) is 29.2 Å². The Morgan fingerprint density at radius 2 is 2.00 bits per heavy atom. The topological polar surface area (TPSA) is 79.5 Å². The van der Waals surface area contributed by atoms with Crippen molar-refractivity contribution >= 4 is 33.9 Å². The highest BCUT2D eigenvalue weighted by Gasteiger charge is 2.35. The van der Waals surface area contributed by atoms with E-state index in [1.165, 1.54) is 6.42 Å². The standard InChI is InChI=1S/C19H19N3O3/c23-19(24)13-8-4-10-22(13)18-16-15(12-7-1-2-9-14(12)25-16)20-17(21-18)11-5-3-6-11/h1-2,7,9,11,13H,3-6,8,10H2,(H,23,24)/t13-/m0/s1. The number of furan rings is 1. The van der Waals surface area contributed by atoms with Gasteiger partial charge in [0.2, 0.25) is 0 Å². The third-order valence-corrected chi connectivity index (χ3v) is 5.50. The first-order valence-electron chi connectivity index (χ1n) is 8.91. The molecule has 1 atom stereocenters. The molecule has 2 aliphatic rings. The van der Waals surface area contributed by atoms with Crippen LogP contribution in [0.1, 0.15) is 43.8 Å². The zero-order valence-electron chi connectivity index (χ0n) is 13.8. The van der Waals surface area contributed by atoms with Gasteiger partial charge in [-0.25, -0.2) is 14.8 Å². The maximum atomic E-state index is 11.7. The van der Waals surface area contributed by atoms with Crippen LogP contribution in [0.2, 0.25) is 0 Å². The lowest BCUT2D eigenvalue weighted by Crippen LogP contribution is -2.36. The minimum Gasteiger partial charge on any atom is -0.480 e. The number of aliphatic carboxylic acids is 1. The van der Waals surface area contributed by atoms with Gasteiger partial charge >= 0.3 is 5.97 Å². The van der Waals surface area contributed by atoms with Gasteiger partial charge in [-0.15, -0.1) is 0 Å². The second-order valence-corrected chi connectivity index (χ2v) is 7.00. The number of rotatable bonds is 3. The minimum atomic E-state index is -0.800. The zero-order chi connectivity index (χ0) is 17.0. The Morgan fingerprint density at radius 3 is 2.76 bits per heavy atom. The van der Waals surface area contributed by atoms with Crippen LogP contribution >= 0.6 is 0 Å². The highest BCUT2D eigenvalue weighted by molar-refractivity contribution is 6.06. The maximum absolute atomic E-state index is 11.7. The second-order valence-electron chi connectivity index (χ2n) is 7.00. The number of nitrogens with zero attached hydrogens (tertiary/aromatic N) is 3. The maximum Gasteiger partial charge on any atom is 0.326 e. The quantitative estimate of drug-likeness (QED) is 0.785. The van der Waals surface area contributed by atoms with Crippen LogP contribution in [-0.2, 0) is 4.79 Å². The third-order valence-electron chi connectivity index (χ3n) is 5.50. The summed E-state index contributed by atoms with van der Waals surface area (Å²) in [4.78, 5) is 23.1. The van der Waals surface area contributed by atoms with Gasteiger partial charge in [0.25, 0.3) is 0 Å². The molecular weight excluding hydrogens is 318 g/mol. The Hall–Kier alpha value is -2.63. The van der Waals surface area contributed by atoms with E-state index in [0.29, 0.717) is 30.3 Å². The van der Waals surface area contributed by atoms with E-state index < -0.39 is 12.0 Å². The molecule has 128 valence electrons. The summed E-state index contributed by atoms with van der Waals surface area (Å²) in [5.41, 5.74) is 2.18. The Morgan fingerprint density at radius 1 is 1.16 bits per heavy atom. The number of carbonyl (C=O) groups is 1. The van der Waals surface area contributed by atoms with Gasteiger partial charge < -0.3 is 14.4 Å². The van der Waals surface area contributed by atoms with E-state index in [9.17, 15) is 9.90 Å². The van der Waals surface area contributed by atoms with E-state index in [2.05, 4.69) is 0 Å². The van der Waals surface area contributed by atoms with Gasteiger partial charge in [-0.05, 0) is 37.8 Å². The van der Waals surface area contributed by atoms with Gasteiger partial charge in [0, 0.05) is 17.8 Å². The van der Waals surface area contributed by atoms with Crippen LogP contribution in [0.4, 0.5) is 5.82 Å². The van der Waals surface area contributed by atoms with Gasteiger partial charge in [0.05, 0.1) is 0 Å². The van der Waals surface area contributed by atoms with E-state index >= 15 is 0 Å². The molecule has 1 aliphatic heterocycles. The Balaban J connectivity index is 1.76. The number of aromatic nitrogens is 2. The highest BCUT2D eigenvalue weighted by atomic mass is 16.4. The van der Waals surface area contributed by atoms with Crippen molar-refractivity contribution in [1.82, 2.24) is 9.97 Å². The fourth-order valence-corrected chi connectivity index (χ4v) is 3.91. The fraction of sp³-hybridized carbons (Fsp3) is 0.421. The molecule has 25 heavy (non-hydrogen) atoms. The number of hydrogen-bond donors (Lipinski definition) is 1. The number of fused-ring (bicyclic) bond motifs is 3. The predicted octanol–water partition coefficient (Wildman–Crippen LogP) is 3.70. The molecule has 0 radical (unpaired) electrons. The monoisotopic (exact) mass is 337 g/mol. The Kier molecular flexibility index (Phi) is 3.20. The van der Waals surface area contributed by atoms with Gasteiger partial charge in [0.1, 0.15) is 23.0 Å². The van der Waals surface area contributed by atoms with Crippen molar-refractivity contribution in [3.63, 3.8) is 0 Å². The van der Waals surface area contributed by atoms with E-state index in [-0.39, 0.29) is 0 Å². The van der Waals surface area contributed by atoms with Gasteiger partial charge in [-0.1, -0.05) is 18.6 Å². The van der Waals surface area contributed by atoms with Crippen LogP contribution < -0.4 is 4.90 Å². The van der Waals surface area contributed by atoms with Crippen LogP contribution in [0, 0.1) is 0 Å². The Labute approximate surface area is 144 Å². The lowest BCUT2D eigenvalue weighted by atomic mass is 9.85. The molecule has 2 fully saturated rings. The molecule has 6 nitrogen and oxygen atoms in total. The van der Waals surface area contributed by atoms with Crippen LogP contribution in [0.5, 0.6) is 0 Å². The number of para-hydroxylation sites is 1. The summed E-state index contributed by atoms with van der Waals surface area (Å²) in [6.07, 6.45) is 4.89. The van der Waals surface area contributed by atoms with Gasteiger partial charge in [-0.2, -0.15) is 0 Å². The molecule has 1 aromatic carbocycles.